The zero-order valence-electron chi connectivity index (χ0n) is 16.0. The van der Waals surface area contributed by atoms with Gasteiger partial charge in [0.1, 0.15) is 11.5 Å². The lowest BCUT2D eigenvalue weighted by Crippen LogP contribution is -2.28. The summed E-state index contributed by atoms with van der Waals surface area (Å²) in [5, 5.41) is 0. The Kier molecular flexibility index (Phi) is 5.29. The van der Waals surface area contributed by atoms with Gasteiger partial charge in [0.15, 0.2) is 0 Å². The van der Waals surface area contributed by atoms with E-state index in [1.54, 1.807) is 42.5 Å². The van der Waals surface area contributed by atoms with Crippen LogP contribution in [-0.4, -0.2) is 29.8 Å². The predicted octanol–water partition coefficient (Wildman–Crippen LogP) is 4.21. The Morgan fingerprint density at radius 1 is 0.862 bits per heavy atom. The van der Waals surface area contributed by atoms with Gasteiger partial charge in [-0.05, 0) is 54.4 Å². The third-order valence-electron chi connectivity index (χ3n) is 5.20. The number of amides is 2. The fourth-order valence-corrected chi connectivity index (χ4v) is 3.64. The molecule has 1 saturated heterocycles. The van der Waals surface area contributed by atoms with Gasteiger partial charge in [0.25, 0.3) is 5.91 Å². The Morgan fingerprint density at radius 2 is 1.62 bits per heavy atom. The number of ether oxygens (including phenoxy) is 1. The highest BCUT2D eigenvalue weighted by Crippen LogP contribution is 2.29. The third-order valence-corrected chi connectivity index (χ3v) is 5.20. The second kappa shape index (κ2) is 8.19. The molecule has 0 bridgehead atoms. The van der Waals surface area contributed by atoms with Crippen LogP contribution in [0, 0.1) is 0 Å². The number of carbonyl (C=O) groups is 2. The van der Waals surface area contributed by atoms with E-state index in [0.29, 0.717) is 28.5 Å². The van der Waals surface area contributed by atoms with Crippen LogP contribution in [0.15, 0.2) is 78.9 Å². The maximum Gasteiger partial charge on any atom is 0.254 e. The SMILES string of the molecule is NC(=O)c1ccc(Oc2cccc(C(=O)N3CCC(c4ccccc4)C3)c2)cc1. The molecular weight excluding hydrogens is 364 g/mol. The van der Waals surface area contributed by atoms with E-state index in [1.807, 2.05) is 29.2 Å². The molecule has 3 aromatic carbocycles. The molecule has 0 radical (unpaired) electrons. The molecule has 2 amide bonds. The molecule has 0 saturated carbocycles. The van der Waals surface area contributed by atoms with Gasteiger partial charge < -0.3 is 15.4 Å². The van der Waals surface area contributed by atoms with Crippen molar-refractivity contribution in [3.63, 3.8) is 0 Å². The molecule has 0 aromatic heterocycles. The Balaban J connectivity index is 1.44. The van der Waals surface area contributed by atoms with Crippen LogP contribution in [0.1, 0.15) is 38.6 Å². The summed E-state index contributed by atoms with van der Waals surface area (Å²) in [5.74, 6) is 1.05. The van der Waals surface area contributed by atoms with Gasteiger partial charge >= 0.3 is 0 Å². The van der Waals surface area contributed by atoms with Crippen molar-refractivity contribution in [3.05, 3.63) is 95.6 Å². The monoisotopic (exact) mass is 386 g/mol. The quantitative estimate of drug-likeness (QED) is 0.714. The molecule has 4 rings (SSSR count). The van der Waals surface area contributed by atoms with Crippen LogP contribution < -0.4 is 10.5 Å². The molecule has 29 heavy (non-hydrogen) atoms. The third kappa shape index (κ3) is 4.29. The van der Waals surface area contributed by atoms with E-state index < -0.39 is 5.91 Å². The summed E-state index contributed by atoms with van der Waals surface area (Å²) in [4.78, 5) is 26.0. The van der Waals surface area contributed by atoms with Crippen LogP contribution in [0.4, 0.5) is 0 Å². The van der Waals surface area contributed by atoms with Gasteiger partial charge in [0.2, 0.25) is 5.91 Å². The van der Waals surface area contributed by atoms with Gasteiger partial charge in [0, 0.05) is 30.1 Å². The summed E-state index contributed by atoms with van der Waals surface area (Å²) in [5.41, 5.74) is 7.55. The van der Waals surface area contributed by atoms with Crippen molar-refractivity contribution < 1.29 is 14.3 Å². The van der Waals surface area contributed by atoms with Crippen molar-refractivity contribution in [2.75, 3.05) is 13.1 Å². The van der Waals surface area contributed by atoms with Gasteiger partial charge in [0.05, 0.1) is 0 Å². The van der Waals surface area contributed by atoms with Gasteiger partial charge in [-0.1, -0.05) is 36.4 Å². The van der Waals surface area contributed by atoms with Crippen LogP contribution in [0.25, 0.3) is 0 Å². The van der Waals surface area contributed by atoms with E-state index in [-0.39, 0.29) is 5.91 Å². The largest absolute Gasteiger partial charge is 0.457 e. The number of rotatable bonds is 5. The molecule has 0 spiro atoms. The van der Waals surface area contributed by atoms with Gasteiger partial charge in [-0.25, -0.2) is 0 Å². The Labute approximate surface area is 169 Å². The van der Waals surface area contributed by atoms with E-state index in [2.05, 4.69) is 12.1 Å². The molecule has 1 atom stereocenters. The number of primary amides is 1. The van der Waals surface area contributed by atoms with Crippen molar-refractivity contribution in [2.24, 2.45) is 5.73 Å². The molecule has 2 N–H and O–H groups in total. The van der Waals surface area contributed by atoms with Crippen LogP contribution in [0.2, 0.25) is 0 Å². The van der Waals surface area contributed by atoms with Crippen LogP contribution >= 0.6 is 0 Å². The molecular formula is C24H22N2O3. The molecule has 1 unspecified atom stereocenters. The zero-order valence-corrected chi connectivity index (χ0v) is 16.0. The zero-order chi connectivity index (χ0) is 20.2. The maximum atomic E-state index is 13.0. The van der Waals surface area contributed by atoms with Crippen molar-refractivity contribution in [1.29, 1.82) is 0 Å². The van der Waals surface area contributed by atoms with Gasteiger partial charge in [-0.15, -0.1) is 0 Å². The molecule has 1 aliphatic heterocycles. The molecule has 3 aromatic rings. The van der Waals surface area contributed by atoms with Crippen LogP contribution in [0.5, 0.6) is 11.5 Å². The highest BCUT2D eigenvalue weighted by molar-refractivity contribution is 5.95. The predicted molar refractivity (Wildman–Crippen MR) is 111 cm³/mol. The lowest BCUT2D eigenvalue weighted by Gasteiger charge is -2.17. The minimum atomic E-state index is -0.483. The molecule has 1 heterocycles. The molecule has 146 valence electrons. The highest BCUT2D eigenvalue weighted by atomic mass is 16.5. The average molecular weight is 386 g/mol. The first-order valence-electron chi connectivity index (χ1n) is 9.62. The molecule has 0 aliphatic carbocycles. The number of nitrogens with two attached hydrogens (primary N) is 1. The fourth-order valence-electron chi connectivity index (χ4n) is 3.64. The number of hydrogen-bond donors (Lipinski definition) is 1. The number of likely N-dealkylation sites (tertiary alicyclic amines) is 1. The minimum absolute atomic E-state index is 0.0120. The molecule has 5 heteroatoms. The summed E-state index contributed by atoms with van der Waals surface area (Å²) in [7, 11) is 0. The molecule has 5 nitrogen and oxygen atoms in total. The Bertz CT molecular complexity index is 1020. The highest BCUT2D eigenvalue weighted by Gasteiger charge is 2.28. The normalized spacial score (nSPS) is 15.9. The number of nitrogens with zero attached hydrogens (tertiary/aromatic N) is 1. The molecule has 1 aliphatic rings. The van der Waals surface area contributed by atoms with Crippen molar-refractivity contribution in [3.8, 4) is 11.5 Å². The van der Waals surface area contributed by atoms with Crippen LogP contribution in [-0.2, 0) is 0 Å². The number of benzene rings is 3. The summed E-state index contributed by atoms with van der Waals surface area (Å²) in [6, 6.07) is 24.1. The second-order valence-electron chi connectivity index (χ2n) is 7.17. The summed E-state index contributed by atoms with van der Waals surface area (Å²) in [6.45, 7) is 1.47. The Hall–Kier alpha value is -3.60. The van der Waals surface area contributed by atoms with Gasteiger partial charge in [-0.3, -0.25) is 9.59 Å². The van der Waals surface area contributed by atoms with E-state index in [1.165, 1.54) is 5.56 Å². The van der Waals surface area contributed by atoms with E-state index in [0.717, 1.165) is 19.5 Å². The summed E-state index contributed by atoms with van der Waals surface area (Å²) < 4.78 is 5.83. The topological polar surface area (TPSA) is 72.6 Å². The van der Waals surface area contributed by atoms with E-state index in [9.17, 15) is 9.59 Å². The van der Waals surface area contributed by atoms with Crippen molar-refractivity contribution in [2.45, 2.75) is 12.3 Å². The number of carbonyl (C=O) groups excluding carboxylic acids is 2. The smallest absolute Gasteiger partial charge is 0.254 e. The second-order valence-corrected chi connectivity index (χ2v) is 7.17. The van der Waals surface area contributed by atoms with Gasteiger partial charge in [-0.2, -0.15) is 0 Å². The fraction of sp³-hybridized carbons (Fsp3) is 0.167. The first-order valence-corrected chi connectivity index (χ1v) is 9.62. The lowest BCUT2D eigenvalue weighted by molar-refractivity contribution is 0.0790. The first kappa shape index (κ1) is 18.7. The van der Waals surface area contributed by atoms with Crippen LogP contribution in [0.3, 0.4) is 0 Å². The summed E-state index contributed by atoms with van der Waals surface area (Å²) >= 11 is 0. The summed E-state index contributed by atoms with van der Waals surface area (Å²) in [6.07, 6.45) is 0.970. The van der Waals surface area contributed by atoms with Crippen molar-refractivity contribution >= 4 is 11.8 Å². The van der Waals surface area contributed by atoms with Crippen molar-refractivity contribution in [1.82, 2.24) is 4.90 Å². The maximum absolute atomic E-state index is 13.0. The lowest BCUT2D eigenvalue weighted by atomic mass is 9.99. The molecule has 1 fully saturated rings. The number of hydrogen-bond acceptors (Lipinski definition) is 3. The standard InChI is InChI=1S/C24H22N2O3/c25-23(27)18-9-11-21(12-10-18)29-22-8-4-7-19(15-22)24(28)26-14-13-20(16-26)17-5-2-1-3-6-17/h1-12,15,20H,13-14,16H2,(H2,25,27). The minimum Gasteiger partial charge on any atom is -0.457 e. The van der Waals surface area contributed by atoms with E-state index >= 15 is 0 Å². The average Bonchev–Trinajstić information content (AvgIpc) is 3.25. The first-order chi connectivity index (χ1) is 14.1. The Morgan fingerprint density at radius 3 is 2.34 bits per heavy atom. The van der Waals surface area contributed by atoms with E-state index in [4.69, 9.17) is 10.5 Å².